The van der Waals surface area contributed by atoms with Gasteiger partial charge in [0.15, 0.2) is 16.5 Å². The number of thiazole rings is 1. The summed E-state index contributed by atoms with van der Waals surface area (Å²) in [7, 11) is 0. The first-order valence-corrected chi connectivity index (χ1v) is 8.04. The third-order valence-corrected chi connectivity index (χ3v) is 4.24. The quantitative estimate of drug-likeness (QED) is 0.724. The minimum Gasteiger partial charge on any atom is -0.298 e. The van der Waals surface area contributed by atoms with Gasteiger partial charge in [-0.05, 0) is 24.3 Å². The van der Waals surface area contributed by atoms with Gasteiger partial charge in [-0.1, -0.05) is 0 Å². The number of nitrogens with zero attached hydrogens (tertiary/aromatic N) is 4. The zero-order valence-corrected chi connectivity index (χ0v) is 13.4. The molecule has 0 atom stereocenters. The van der Waals surface area contributed by atoms with Crippen LogP contribution in [0.2, 0.25) is 0 Å². The van der Waals surface area contributed by atoms with Crippen LogP contribution in [0.5, 0.6) is 0 Å². The molecule has 0 unspecified atom stereocenters. The zero-order chi connectivity index (χ0) is 17.4. The molecule has 8 nitrogen and oxygen atoms in total. The molecule has 0 spiro atoms. The molecule has 0 bridgehead atoms. The van der Waals surface area contributed by atoms with Crippen LogP contribution in [0.3, 0.4) is 0 Å². The number of hydrogen-bond acceptors (Lipinski definition) is 7. The summed E-state index contributed by atoms with van der Waals surface area (Å²) in [5.74, 6) is -1.40. The Hall–Kier alpha value is -3.46. The summed E-state index contributed by atoms with van der Waals surface area (Å²) < 4.78 is 0. The molecule has 4 rings (SSSR count). The Labute approximate surface area is 145 Å². The van der Waals surface area contributed by atoms with E-state index < -0.39 is 11.8 Å². The molecule has 1 aromatic carbocycles. The average molecular weight is 351 g/mol. The highest BCUT2D eigenvalue weighted by Gasteiger charge is 2.39. The summed E-state index contributed by atoms with van der Waals surface area (Å²) in [6, 6.07) is 6.11. The number of imide groups is 1. The fourth-order valence-corrected chi connectivity index (χ4v) is 2.93. The lowest BCUT2D eigenvalue weighted by molar-refractivity contribution is 0.0922. The Bertz CT molecular complexity index is 950. The van der Waals surface area contributed by atoms with Crippen LogP contribution < -0.4 is 10.2 Å². The van der Waals surface area contributed by atoms with E-state index in [1.54, 1.807) is 11.6 Å². The second-order valence-corrected chi connectivity index (χ2v) is 5.93. The molecule has 1 N–H and O–H groups in total. The largest absolute Gasteiger partial charge is 0.298 e. The van der Waals surface area contributed by atoms with Crippen molar-refractivity contribution < 1.29 is 14.4 Å². The molecule has 1 aliphatic rings. The Morgan fingerprint density at radius 3 is 2.12 bits per heavy atom. The highest BCUT2D eigenvalue weighted by atomic mass is 32.1. The Balaban J connectivity index is 1.58. The van der Waals surface area contributed by atoms with Gasteiger partial charge in [0, 0.05) is 29.5 Å². The van der Waals surface area contributed by atoms with Crippen LogP contribution >= 0.6 is 11.3 Å². The third kappa shape index (κ3) is 2.56. The number of rotatable bonds is 3. The fraction of sp³-hybridized carbons (Fsp3) is 0. The van der Waals surface area contributed by atoms with Crippen molar-refractivity contribution in [1.82, 2.24) is 15.0 Å². The normalized spacial score (nSPS) is 13.0. The van der Waals surface area contributed by atoms with E-state index in [2.05, 4.69) is 20.3 Å². The summed E-state index contributed by atoms with van der Waals surface area (Å²) in [4.78, 5) is 49.6. The van der Waals surface area contributed by atoms with E-state index in [4.69, 9.17) is 0 Å². The fourth-order valence-electron chi connectivity index (χ4n) is 2.41. The number of amides is 3. The molecular weight excluding hydrogens is 342 g/mol. The van der Waals surface area contributed by atoms with E-state index in [0.717, 1.165) is 4.90 Å². The summed E-state index contributed by atoms with van der Waals surface area (Å²) in [5, 5.41) is 4.91. The van der Waals surface area contributed by atoms with Gasteiger partial charge in [-0.25, -0.2) is 19.9 Å². The number of nitrogens with one attached hydrogen (secondary N) is 1. The van der Waals surface area contributed by atoms with E-state index >= 15 is 0 Å². The van der Waals surface area contributed by atoms with E-state index in [1.165, 1.54) is 48.0 Å². The molecule has 25 heavy (non-hydrogen) atoms. The Morgan fingerprint density at radius 2 is 1.56 bits per heavy atom. The Morgan fingerprint density at radius 1 is 0.920 bits per heavy atom. The van der Waals surface area contributed by atoms with Gasteiger partial charge in [-0.3, -0.25) is 19.7 Å². The van der Waals surface area contributed by atoms with Crippen molar-refractivity contribution in [1.29, 1.82) is 0 Å². The number of fused-ring (bicyclic) bond motifs is 1. The highest BCUT2D eigenvalue weighted by molar-refractivity contribution is 7.13. The van der Waals surface area contributed by atoms with Crippen LogP contribution in [0.25, 0.3) is 0 Å². The zero-order valence-electron chi connectivity index (χ0n) is 12.5. The predicted octanol–water partition coefficient (Wildman–Crippen LogP) is 1.99. The lowest BCUT2D eigenvalue weighted by atomic mass is 10.2. The molecule has 122 valence electrons. The minimum absolute atomic E-state index is 0.0260. The van der Waals surface area contributed by atoms with E-state index in [9.17, 15) is 14.4 Å². The molecule has 0 saturated carbocycles. The van der Waals surface area contributed by atoms with Crippen LogP contribution in [-0.4, -0.2) is 32.7 Å². The molecule has 1 aliphatic heterocycles. The van der Waals surface area contributed by atoms with Gasteiger partial charge in [0.2, 0.25) is 0 Å². The number of anilines is 2. The predicted molar refractivity (Wildman–Crippen MR) is 89.7 cm³/mol. The molecule has 0 radical (unpaired) electrons. The molecule has 2 aromatic heterocycles. The van der Waals surface area contributed by atoms with Crippen molar-refractivity contribution in [2.45, 2.75) is 0 Å². The molecule has 3 amide bonds. The first kappa shape index (κ1) is 15.1. The van der Waals surface area contributed by atoms with Gasteiger partial charge in [-0.2, -0.15) is 0 Å². The molecule has 9 heteroatoms. The van der Waals surface area contributed by atoms with Gasteiger partial charge in [0.25, 0.3) is 17.7 Å². The number of carbonyl (C=O) groups excluding carboxylic acids is 3. The summed E-state index contributed by atoms with van der Waals surface area (Å²) >= 11 is 1.31. The SMILES string of the molecule is O=C(Nc1nccs1)c1ccc(N2C(=O)c3nccnc3C2=O)cc1. The molecular formula is C16H9N5O3S. The Kier molecular flexibility index (Phi) is 3.55. The molecule has 0 aliphatic carbocycles. The van der Waals surface area contributed by atoms with E-state index in [-0.39, 0.29) is 17.3 Å². The van der Waals surface area contributed by atoms with Gasteiger partial charge in [-0.15, -0.1) is 11.3 Å². The van der Waals surface area contributed by atoms with Crippen LogP contribution in [0, 0.1) is 0 Å². The maximum Gasteiger partial charge on any atom is 0.286 e. The van der Waals surface area contributed by atoms with Gasteiger partial charge >= 0.3 is 0 Å². The molecule has 3 aromatic rings. The van der Waals surface area contributed by atoms with Crippen molar-refractivity contribution in [3.8, 4) is 0 Å². The maximum atomic E-state index is 12.4. The van der Waals surface area contributed by atoms with Crippen molar-refractivity contribution in [2.24, 2.45) is 0 Å². The lowest BCUT2D eigenvalue weighted by Gasteiger charge is -2.13. The number of aromatic nitrogens is 3. The molecule has 0 fully saturated rings. The summed E-state index contributed by atoms with van der Waals surface area (Å²) in [6.45, 7) is 0. The minimum atomic E-state index is -0.534. The number of hydrogen-bond donors (Lipinski definition) is 1. The lowest BCUT2D eigenvalue weighted by Crippen LogP contribution is -2.29. The van der Waals surface area contributed by atoms with E-state index in [1.807, 2.05) is 0 Å². The van der Waals surface area contributed by atoms with Crippen molar-refractivity contribution >= 4 is 39.9 Å². The molecule has 0 saturated heterocycles. The molecule has 3 heterocycles. The van der Waals surface area contributed by atoms with Gasteiger partial charge in [0.05, 0.1) is 5.69 Å². The van der Waals surface area contributed by atoms with Crippen molar-refractivity contribution in [2.75, 3.05) is 10.2 Å². The van der Waals surface area contributed by atoms with E-state index in [0.29, 0.717) is 16.4 Å². The second-order valence-electron chi connectivity index (χ2n) is 5.04. The van der Waals surface area contributed by atoms with Gasteiger partial charge < -0.3 is 0 Å². The average Bonchev–Trinajstić information content (AvgIpc) is 3.23. The summed E-state index contributed by atoms with van der Waals surface area (Å²) in [5.41, 5.74) is 0.781. The highest BCUT2D eigenvalue weighted by Crippen LogP contribution is 2.26. The first-order chi connectivity index (χ1) is 12.1. The first-order valence-electron chi connectivity index (χ1n) is 7.16. The second kappa shape index (κ2) is 5.87. The third-order valence-electron chi connectivity index (χ3n) is 3.55. The topological polar surface area (TPSA) is 105 Å². The van der Waals surface area contributed by atoms with Crippen LogP contribution in [0.1, 0.15) is 31.3 Å². The number of carbonyl (C=O) groups is 3. The standard InChI is InChI=1S/C16H9N5O3S/c22-13(20-16-19-7-8-25-16)9-1-3-10(4-2-9)21-14(23)11-12(15(21)24)18-6-5-17-11/h1-8H,(H,19,20,22). The smallest absolute Gasteiger partial charge is 0.286 e. The number of benzene rings is 1. The van der Waals surface area contributed by atoms with Crippen LogP contribution in [0.4, 0.5) is 10.8 Å². The van der Waals surface area contributed by atoms with Gasteiger partial charge in [0.1, 0.15) is 0 Å². The van der Waals surface area contributed by atoms with Crippen molar-refractivity contribution in [3.05, 3.63) is 65.2 Å². The van der Waals surface area contributed by atoms with Crippen LogP contribution in [-0.2, 0) is 0 Å². The summed E-state index contributed by atoms with van der Waals surface area (Å²) in [6.07, 6.45) is 4.31. The van der Waals surface area contributed by atoms with Crippen molar-refractivity contribution in [3.63, 3.8) is 0 Å². The van der Waals surface area contributed by atoms with Crippen LogP contribution in [0.15, 0.2) is 48.2 Å². The maximum absolute atomic E-state index is 12.4. The monoisotopic (exact) mass is 351 g/mol.